The number of fused-ring (bicyclic) bond motifs is 1. The van der Waals surface area contributed by atoms with Crippen LogP contribution in [0, 0.1) is 5.92 Å². The number of hydrogen-bond donors (Lipinski definition) is 0. The minimum Gasteiger partial charge on any atom is -0.308 e. The third kappa shape index (κ3) is 3.02. The van der Waals surface area contributed by atoms with Crippen molar-refractivity contribution in [1.82, 2.24) is 0 Å². The fraction of sp³-hybridized carbons (Fsp3) is 0.300. The highest BCUT2D eigenvalue weighted by atomic mass is 32.2. The maximum Gasteiger partial charge on any atom is 0.258 e. The van der Waals surface area contributed by atoms with Crippen molar-refractivity contribution in [3.8, 4) is 0 Å². The van der Waals surface area contributed by atoms with Crippen molar-refractivity contribution in [2.24, 2.45) is 5.92 Å². The molecule has 2 amide bonds. The number of rotatable bonds is 2. The number of carbonyl (C=O) groups excluding carboxylic acids is 2. The van der Waals surface area contributed by atoms with Crippen molar-refractivity contribution in [2.75, 3.05) is 21.5 Å². The minimum atomic E-state index is -3.64. The van der Waals surface area contributed by atoms with Crippen LogP contribution in [0.2, 0.25) is 0 Å². The predicted octanol–water partition coefficient (Wildman–Crippen LogP) is 2.59. The molecule has 2 aromatic carbocycles. The Hall–Kier alpha value is -2.67. The second-order valence-electron chi connectivity index (χ2n) is 7.02. The number of aryl methyl sites for hydroxylation is 1. The summed E-state index contributed by atoms with van der Waals surface area (Å²) in [5, 5.41) is 0. The van der Waals surface area contributed by atoms with E-state index in [0.717, 1.165) is 28.4 Å². The number of amides is 2. The van der Waals surface area contributed by atoms with Crippen LogP contribution in [0.5, 0.6) is 0 Å². The first-order valence-electron chi connectivity index (χ1n) is 8.95. The van der Waals surface area contributed by atoms with Gasteiger partial charge in [0.05, 0.1) is 17.4 Å². The van der Waals surface area contributed by atoms with Crippen LogP contribution in [0.1, 0.15) is 29.3 Å². The van der Waals surface area contributed by atoms with Gasteiger partial charge in [0.2, 0.25) is 15.9 Å². The Bertz CT molecular complexity index is 1010. The molecule has 0 N–H and O–H groups in total. The maximum atomic E-state index is 13.0. The van der Waals surface area contributed by atoms with E-state index >= 15 is 0 Å². The van der Waals surface area contributed by atoms with E-state index in [0.29, 0.717) is 12.1 Å². The van der Waals surface area contributed by atoms with Gasteiger partial charge in [0.15, 0.2) is 0 Å². The summed E-state index contributed by atoms with van der Waals surface area (Å²) in [4.78, 5) is 26.9. The number of nitrogens with zero attached hydrogens (tertiary/aromatic N) is 2. The first kappa shape index (κ1) is 17.7. The Morgan fingerprint density at radius 1 is 1.07 bits per heavy atom. The van der Waals surface area contributed by atoms with E-state index in [9.17, 15) is 18.0 Å². The Morgan fingerprint density at radius 3 is 2.44 bits per heavy atom. The quantitative estimate of drug-likeness (QED) is 0.798. The fourth-order valence-electron chi connectivity index (χ4n) is 3.73. The lowest BCUT2D eigenvalue weighted by molar-refractivity contribution is -0.119. The summed E-state index contributed by atoms with van der Waals surface area (Å²) < 4.78 is 25.3. The molecule has 2 aliphatic rings. The highest BCUT2D eigenvalue weighted by Gasteiger charge is 2.42. The summed E-state index contributed by atoms with van der Waals surface area (Å²) in [5.41, 5.74) is 2.81. The molecule has 0 bridgehead atoms. The molecular weight excluding hydrogens is 364 g/mol. The molecule has 140 valence electrons. The van der Waals surface area contributed by atoms with Gasteiger partial charge >= 0.3 is 0 Å². The monoisotopic (exact) mass is 384 g/mol. The van der Waals surface area contributed by atoms with Crippen LogP contribution in [0.15, 0.2) is 48.5 Å². The number of anilines is 2. The molecule has 2 heterocycles. The summed E-state index contributed by atoms with van der Waals surface area (Å²) in [6, 6.07) is 14.1. The van der Waals surface area contributed by atoms with E-state index < -0.39 is 21.8 Å². The molecule has 0 aliphatic carbocycles. The molecule has 0 saturated carbocycles. The van der Waals surface area contributed by atoms with Crippen molar-refractivity contribution in [3.05, 3.63) is 59.7 Å². The molecule has 2 aromatic rings. The molecule has 0 aromatic heterocycles. The topological polar surface area (TPSA) is 74.8 Å². The van der Waals surface area contributed by atoms with Gasteiger partial charge in [0.25, 0.3) is 5.91 Å². The zero-order valence-electron chi connectivity index (χ0n) is 15.0. The van der Waals surface area contributed by atoms with Crippen molar-refractivity contribution in [1.29, 1.82) is 0 Å². The van der Waals surface area contributed by atoms with Crippen LogP contribution in [-0.4, -0.2) is 32.5 Å². The van der Waals surface area contributed by atoms with Crippen LogP contribution in [0.4, 0.5) is 11.4 Å². The average molecular weight is 384 g/mol. The first-order chi connectivity index (χ1) is 12.9. The third-order valence-corrected chi connectivity index (χ3v) is 6.93. The molecule has 1 unspecified atom stereocenters. The summed E-state index contributed by atoms with van der Waals surface area (Å²) in [6.45, 7) is 2.25. The van der Waals surface area contributed by atoms with E-state index in [1.54, 1.807) is 24.0 Å². The highest BCUT2D eigenvalue weighted by Crippen LogP contribution is 2.30. The Kier molecular flexibility index (Phi) is 4.26. The van der Waals surface area contributed by atoms with Gasteiger partial charge < -0.3 is 4.90 Å². The van der Waals surface area contributed by atoms with Crippen LogP contribution in [0.3, 0.4) is 0 Å². The second kappa shape index (κ2) is 6.49. The van der Waals surface area contributed by atoms with Crippen LogP contribution in [0.25, 0.3) is 0 Å². The number of carbonyl (C=O) groups is 2. The molecule has 0 radical (unpaired) electrons. The summed E-state index contributed by atoms with van der Waals surface area (Å²) in [7, 11) is -3.64. The molecule has 27 heavy (non-hydrogen) atoms. The number of benzene rings is 2. The van der Waals surface area contributed by atoms with Crippen molar-refractivity contribution in [3.63, 3.8) is 0 Å². The van der Waals surface area contributed by atoms with Crippen molar-refractivity contribution < 1.29 is 18.0 Å². The van der Waals surface area contributed by atoms with Crippen LogP contribution < -0.4 is 9.21 Å². The summed E-state index contributed by atoms with van der Waals surface area (Å²) in [5.74, 6) is -1.30. The van der Waals surface area contributed by atoms with E-state index in [4.69, 9.17) is 0 Å². The van der Waals surface area contributed by atoms with Crippen molar-refractivity contribution in [2.45, 2.75) is 19.8 Å². The first-order valence-corrected chi connectivity index (χ1v) is 10.6. The molecule has 0 spiro atoms. The molecule has 1 fully saturated rings. The Morgan fingerprint density at radius 2 is 1.78 bits per heavy atom. The average Bonchev–Trinajstić information content (AvgIpc) is 2.87. The van der Waals surface area contributed by atoms with E-state index in [-0.39, 0.29) is 17.3 Å². The van der Waals surface area contributed by atoms with Gasteiger partial charge in [-0.05, 0) is 48.7 Å². The van der Waals surface area contributed by atoms with Crippen LogP contribution >= 0.6 is 0 Å². The highest BCUT2D eigenvalue weighted by molar-refractivity contribution is 7.94. The minimum absolute atomic E-state index is 0.127. The lowest BCUT2D eigenvalue weighted by Crippen LogP contribution is -2.35. The van der Waals surface area contributed by atoms with Crippen LogP contribution in [-0.2, 0) is 21.2 Å². The van der Waals surface area contributed by atoms with Crippen molar-refractivity contribution >= 4 is 33.2 Å². The standard InChI is InChI=1S/C20H20N2O4S/c1-14-13-27(25,26)22(19(14)23)17-10-8-16(9-11-17)20(24)21-12-4-6-15-5-2-3-7-18(15)21/h2-3,5,7-11,14H,4,6,12-13H2,1H3. The summed E-state index contributed by atoms with van der Waals surface area (Å²) >= 11 is 0. The molecule has 7 heteroatoms. The molecule has 4 rings (SSSR count). The van der Waals surface area contributed by atoms with Gasteiger partial charge in [-0.25, -0.2) is 12.7 Å². The molecule has 6 nitrogen and oxygen atoms in total. The Labute approximate surface area is 158 Å². The zero-order chi connectivity index (χ0) is 19.2. The lowest BCUT2D eigenvalue weighted by Gasteiger charge is -2.29. The number of sulfonamides is 1. The molecule has 1 atom stereocenters. The van der Waals surface area contributed by atoms with Gasteiger partial charge in [0.1, 0.15) is 0 Å². The number of para-hydroxylation sites is 1. The van der Waals surface area contributed by atoms with Gasteiger partial charge in [0, 0.05) is 17.8 Å². The molecule has 2 aliphatic heterocycles. The van der Waals surface area contributed by atoms with E-state index in [1.807, 2.05) is 24.3 Å². The van der Waals surface area contributed by atoms with Gasteiger partial charge in [-0.2, -0.15) is 0 Å². The SMILES string of the molecule is CC1CS(=O)(=O)N(c2ccc(C(=O)N3CCCc4ccccc43)cc2)C1=O. The Balaban J connectivity index is 1.62. The van der Waals surface area contributed by atoms with E-state index in [1.165, 1.54) is 12.1 Å². The smallest absolute Gasteiger partial charge is 0.258 e. The van der Waals surface area contributed by atoms with Gasteiger partial charge in [-0.1, -0.05) is 25.1 Å². The maximum absolute atomic E-state index is 13.0. The molecule has 1 saturated heterocycles. The zero-order valence-corrected chi connectivity index (χ0v) is 15.8. The predicted molar refractivity (Wildman–Crippen MR) is 103 cm³/mol. The normalized spacial score (nSPS) is 21.2. The fourth-order valence-corrected chi connectivity index (χ4v) is 5.55. The van der Waals surface area contributed by atoms with E-state index in [2.05, 4.69) is 0 Å². The lowest BCUT2D eigenvalue weighted by atomic mass is 10.0. The largest absolute Gasteiger partial charge is 0.308 e. The summed E-state index contributed by atoms with van der Waals surface area (Å²) in [6.07, 6.45) is 1.85. The second-order valence-corrected chi connectivity index (χ2v) is 8.88. The van der Waals surface area contributed by atoms with Gasteiger partial charge in [-0.15, -0.1) is 0 Å². The molecular formula is C20H20N2O4S. The van der Waals surface area contributed by atoms with Gasteiger partial charge in [-0.3, -0.25) is 9.59 Å². The number of hydrogen-bond acceptors (Lipinski definition) is 4. The third-order valence-electron chi connectivity index (χ3n) is 5.06.